The van der Waals surface area contributed by atoms with Crippen LogP contribution in [0.5, 0.6) is 0 Å². The summed E-state index contributed by atoms with van der Waals surface area (Å²) in [7, 11) is 1.86. The highest BCUT2D eigenvalue weighted by atomic mass is 35.5. The second-order valence-electron chi connectivity index (χ2n) is 3.60. The van der Waals surface area contributed by atoms with Gasteiger partial charge in [0.05, 0.1) is 0 Å². The number of aryl methyl sites for hydroxylation is 1. The number of aromatic nitrogens is 4. The lowest BCUT2D eigenvalue weighted by atomic mass is 10.3. The van der Waals surface area contributed by atoms with Gasteiger partial charge in [-0.2, -0.15) is 11.3 Å². The number of rotatable bonds is 7. The molecule has 2 aromatic heterocycles. The SMILES string of the molecule is Cn1nnnc1SCCCNCc1ccsc1.[Cl-]. The molecule has 1 N–H and O–H groups in total. The third-order valence-electron chi connectivity index (χ3n) is 2.22. The monoisotopic (exact) mass is 304 g/mol. The molecule has 0 atom stereocenters. The first-order valence-electron chi connectivity index (χ1n) is 5.43. The predicted molar refractivity (Wildman–Crippen MR) is 70.2 cm³/mol. The van der Waals surface area contributed by atoms with Gasteiger partial charge in [-0.05, 0) is 45.8 Å². The molecule has 8 heteroatoms. The van der Waals surface area contributed by atoms with Gasteiger partial charge in [-0.25, -0.2) is 4.68 Å². The molecule has 2 aromatic rings. The molecule has 0 amide bonds. The third kappa shape index (κ3) is 4.93. The van der Waals surface area contributed by atoms with Crippen LogP contribution in [-0.4, -0.2) is 32.5 Å². The van der Waals surface area contributed by atoms with E-state index in [1.165, 1.54) is 5.56 Å². The summed E-state index contributed by atoms with van der Waals surface area (Å²) in [5.41, 5.74) is 1.36. The lowest BCUT2D eigenvalue weighted by molar-refractivity contribution is -0.00000367. The van der Waals surface area contributed by atoms with Crippen molar-refractivity contribution in [1.82, 2.24) is 25.5 Å². The summed E-state index contributed by atoms with van der Waals surface area (Å²) in [5.74, 6) is 1.03. The average molecular weight is 305 g/mol. The Morgan fingerprint density at radius 3 is 3.06 bits per heavy atom. The molecule has 0 aliphatic rings. The van der Waals surface area contributed by atoms with Crippen LogP contribution in [0.1, 0.15) is 12.0 Å². The summed E-state index contributed by atoms with van der Waals surface area (Å²) >= 11 is 3.43. The minimum atomic E-state index is 0. The van der Waals surface area contributed by atoms with E-state index in [-0.39, 0.29) is 12.4 Å². The molecule has 2 heterocycles. The van der Waals surface area contributed by atoms with Crippen LogP contribution in [-0.2, 0) is 13.6 Å². The van der Waals surface area contributed by atoms with Crippen molar-refractivity contribution < 1.29 is 12.4 Å². The molecule has 0 spiro atoms. The summed E-state index contributed by atoms with van der Waals surface area (Å²) in [4.78, 5) is 0. The van der Waals surface area contributed by atoms with Gasteiger partial charge in [0.2, 0.25) is 5.16 Å². The molecular weight excluding hydrogens is 290 g/mol. The van der Waals surface area contributed by atoms with Crippen molar-refractivity contribution >= 4 is 23.1 Å². The minimum Gasteiger partial charge on any atom is -1.00 e. The highest BCUT2D eigenvalue weighted by molar-refractivity contribution is 7.99. The molecule has 0 aliphatic heterocycles. The van der Waals surface area contributed by atoms with Gasteiger partial charge in [-0.3, -0.25) is 0 Å². The summed E-state index contributed by atoms with van der Waals surface area (Å²) < 4.78 is 1.70. The molecule has 2 rings (SSSR count). The lowest BCUT2D eigenvalue weighted by Gasteiger charge is -2.02. The predicted octanol–water partition coefficient (Wildman–Crippen LogP) is -1.45. The first kappa shape index (κ1) is 15.4. The normalized spacial score (nSPS) is 10.3. The van der Waals surface area contributed by atoms with Crippen LogP contribution in [0.4, 0.5) is 0 Å². The van der Waals surface area contributed by atoms with Crippen molar-refractivity contribution in [3.05, 3.63) is 22.4 Å². The average Bonchev–Trinajstić information content (AvgIpc) is 2.95. The molecule has 5 nitrogen and oxygen atoms in total. The Labute approximate surface area is 121 Å². The van der Waals surface area contributed by atoms with E-state index in [0.717, 1.165) is 30.4 Å². The Kier molecular flexibility index (Phi) is 7.26. The maximum Gasteiger partial charge on any atom is 0.209 e. The van der Waals surface area contributed by atoms with Crippen molar-refractivity contribution in [3.8, 4) is 0 Å². The first-order valence-corrected chi connectivity index (χ1v) is 7.36. The van der Waals surface area contributed by atoms with Crippen molar-refractivity contribution in [2.24, 2.45) is 7.05 Å². The number of thioether (sulfide) groups is 1. The van der Waals surface area contributed by atoms with Crippen LogP contribution in [0.2, 0.25) is 0 Å². The number of hydrogen-bond acceptors (Lipinski definition) is 6. The maximum absolute atomic E-state index is 3.92. The van der Waals surface area contributed by atoms with E-state index < -0.39 is 0 Å². The summed E-state index contributed by atoms with van der Waals surface area (Å²) in [6.07, 6.45) is 1.11. The summed E-state index contributed by atoms with van der Waals surface area (Å²) in [6, 6.07) is 2.15. The van der Waals surface area contributed by atoms with Gasteiger partial charge in [-0.1, -0.05) is 11.8 Å². The molecule has 0 saturated heterocycles. The molecule has 0 aromatic carbocycles. The van der Waals surface area contributed by atoms with Crippen LogP contribution in [0.15, 0.2) is 22.0 Å². The van der Waals surface area contributed by atoms with Gasteiger partial charge in [0, 0.05) is 19.3 Å². The molecule has 100 valence electrons. The number of tetrazole rings is 1. The molecule has 0 fully saturated rings. The fourth-order valence-corrected chi connectivity index (χ4v) is 2.79. The Morgan fingerprint density at radius 2 is 2.39 bits per heavy atom. The van der Waals surface area contributed by atoms with E-state index in [1.54, 1.807) is 27.8 Å². The molecule has 0 radical (unpaired) electrons. The number of thiophene rings is 1. The van der Waals surface area contributed by atoms with Gasteiger partial charge in [0.25, 0.3) is 0 Å². The summed E-state index contributed by atoms with van der Waals surface area (Å²) in [6.45, 7) is 1.98. The number of halogens is 1. The molecule has 0 saturated carbocycles. The Hall–Kier alpha value is -0.630. The van der Waals surface area contributed by atoms with Crippen LogP contribution in [0, 0.1) is 0 Å². The third-order valence-corrected chi connectivity index (χ3v) is 4.05. The molecule has 0 bridgehead atoms. The smallest absolute Gasteiger partial charge is 0.209 e. The maximum atomic E-state index is 3.92. The van der Waals surface area contributed by atoms with Gasteiger partial charge >= 0.3 is 0 Å². The Bertz CT molecular complexity index is 431. The quantitative estimate of drug-likeness (QED) is 0.501. The van der Waals surface area contributed by atoms with Crippen molar-refractivity contribution in [3.63, 3.8) is 0 Å². The van der Waals surface area contributed by atoms with Gasteiger partial charge in [0.15, 0.2) is 0 Å². The number of nitrogens with one attached hydrogen (secondary N) is 1. The molecule has 18 heavy (non-hydrogen) atoms. The zero-order valence-electron chi connectivity index (χ0n) is 10.0. The van der Waals surface area contributed by atoms with E-state index in [0.29, 0.717) is 0 Å². The van der Waals surface area contributed by atoms with Crippen molar-refractivity contribution in [2.75, 3.05) is 12.3 Å². The second-order valence-corrected chi connectivity index (χ2v) is 5.44. The fourth-order valence-electron chi connectivity index (χ4n) is 1.33. The molecular formula is C10H15ClN5S2-. The standard InChI is InChI=1S/C10H15N5S2.ClH/c1-15-10(12-13-14-15)17-5-2-4-11-7-9-3-6-16-8-9;/h3,6,8,11H,2,4-5,7H2,1H3;1H/p-1. The van der Waals surface area contributed by atoms with Crippen LogP contribution in [0.25, 0.3) is 0 Å². The fraction of sp³-hybridized carbons (Fsp3) is 0.500. The molecule has 0 unspecified atom stereocenters. The number of hydrogen-bond donors (Lipinski definition) is 1. The van der Waals surface area contributed by atoms with E-state index in [4.69, 9.17) is 0 Å². The zero-order chi connectivity index (χ0) is 11.9. The van der Waals surface area contributed by atoms with E-state index in [2.05, 4.69) is 37.7 Å². The van der Waals surface area contributed by atoms with Gasteiger partial charge in [0.1, 0.15) is 0 Å². The van der Waals surface area contributed by atoms with Crippen LogP contribution in [0.3, 0.4) is 0 Å². The van der Waals surface area contributed by atoms with E-state index >= 15 is 0 Å². The Balaban J connectivity index is 0.00000162. The lowest BCUT2D eigenvalue weighted by Crippen LogP contribution is -3.00. The van der Waals surface area contributed by atoms with E-state index in [1.807, 2.05) is 7.05 Å². The van der Waals surface area contributed by atoms with Crippen molar-refractivity contribution in [1.29, 1.82) is 0 Å². The van der Waals surface area contributed by atoms with Crippen molar-refractivity contribution in [2.45, 2.75) is 18.1 Å². The zero-order valence-corrected chi connectivity index (χ0v) is 12.4. The van der Waals surface area contributed by atoms with E-state index in [9.17, 15) is 0 Å². The first-order chi connectivity index (χ1) is 8.36. The van der Waals surface area contributed by atoms with Gasteiger partial charge < -0.3 is 17.7 Å². The largest absolute Gasteiger partial charge is 1.00 e. The second kappa shape index (κ2) is 8.47. The highest BCUT2D eigenvalue weighted by Crippen LogP contribution is 2.12. The number of nitrogens with zero attached hydrogens (tertiary/aromatic N) is 4. The highest BCUT2D eigenvalue weighted by Gasteiger charge is 2.01. The van der Waals surface area contributed by atoms with Crippen LogP contribution < -0.4 is 17.7 Å². The van der Waals surface area contributed by atoms with Crippen LogP contribution >= 0.6 is 23.1 Å². The Morgan fingerprint density at radius 1 is 1.50 bits per heavy atom. The summed E-state index contributed by atoms with van der Waals surface area (Å²) in [5, 5.41) is 19.9. The minimum absolute atomic E-state index is 0. The molecule has 0 aliphatic carbocycles. The van der Waals surface area contributed by atoms with Gasteiger partial charge in [-0.15, -0.1) is 5.10 Å². The topological polar surface area (TPSA) is 55.6 Å².